The predicted octanol–water partition coefficient (Wildman–Crippen LogP) is 2.11. The van der Waals surface area contributed by atoms with Crippen molar-refractivity contribution in [3.05, 3.63) is 10.6 Å². The van der Waals surface area contributed by atoms with Crippen molar-refractivity contribution in [1.82, 2.24) is 14.5 Å². The minimum atomic E-state index is 0.115. The first-order chi connectivity index (χ1) is 7.65. The van der Waals surface area contributed by atoms with Crippen LogP contribution in [0.25, 0.3) is 0 Å². The molecule has 0 N–H and O–H groups in total. The van der Waals surface area contributed by atoms with Crippen LogP contribution in [0.2, 0.25) is 0 Å². The number of nitrogens with zero attached hydrogens (tertiary/aromatic N) is 3. The molecule has 0 aliphatic heterocycles. The standard InChI is InChI=1S/C11H17N3OS/c1-4-9-10(16-13-12-9)11(15)14(7(2)3)8-5-6-8/h7-8H,4-6H2,1-3H3. The summed E-state index contributed by atoms with van der Waals surface area (Å²) in [6.07, 6.45) is 3.05. The topological polar surface area (TPSA) is 46.1 Å². The number of hydrogen-bond donors (Lipinski definition) is 0. The fourth-order valence-corrected chi connectivity index (χ4v) is 2.59. The van der Waals surface area contributed by atoms with Gasteiger partial charge < -0.3 is 4.90 Å². The van der Waals surface area contributed by atoms with Crippen LogP contribution in [0.1, 0.15) is 49.0 Å². The van der Waals surface area contributed by atoms with Gasteiger partial charge in [-0.05, 0) is 44.6 Å². The summed E-state index contributed by atoms with van der Waals surface area (Å²) in [5, 5.41) is 4.00. The van der Waals surface area contributed by atoms with Crippen molar-refractivity contribution in [2.75, 3.05) is 0 Å². The molecule has 1 aromatic heterocycles. The number of hydrogen-bond acceptors (Lipinski definition) is 4. The van der Waals surface area contributed by atoms with E-state index in [0.717, 1.165) is 29.8 Å². The molecule has 1 amide bonds. The maximum Gasteiger partial charge on any atom is 0.268 e. The van der Waals surface area contributed by atoms with Crippen LogP contribution < -0.4 is 0 Å². The Morgan fingerprint density at radius 2 is 2.25 bits per heavy atom. The molecule has 0 saturated heterocycles. The number of carbonyl (C=O) groups excluding carboxylic acids is 1. The molecule has 1 aliphatic rings. The Hall–Kier alpha value is -0.970. The van der Waals surface area contributed by atoms with Crippen molar-refractivity contribution < 1.29 is 4.79 Å². The number of aromatic nitrogens is 2. The van der Waals surface area contributed by atoms with E-state index in [-0.39, 0.29) is 11.9 Å². The molecule has 1 aromatic rings. The highest BCUT2D eigenvalue weighted by Crippen LogP contribution is 2.31. The lowest BCUT2D eigenvalue weighted by Crippen LogP contribution is -2.38. The van der Waals surface area contributed by atoms with Crippen LogP contribution in [0, 0.1) is 0 Å². The van der Waals surface area contributed by atoms with Gasteiger partial charge in [0.2, 0.25) is 0 Å². The highest BCUT2D eigenvalue weighted by Gasteiger charge is 2.36. The molecular formula is C11H17N3OS. The van der Waals surface area contributed by atoms with Crippen LogP contribution >= 0.6 is 11.5 Å². The van der Waals surface area contributed by atoms with Crippen molar-refractivity contribution in [2.45, 2.75) is 52.1 Å². The number of rotatable bonds is 4. The van der Waals surface area contributed by atoms with Gasteiger partial charge in [0, 0.05) is 12.1 Å². The molecule has 0 spiro atoms. The van der Waals surface area contributed by atoms with E-state index in [0.29, 0.717) is 6.04 Å². The lowest BCUT2D eigenvalue weighted by atomic mass is 10.2. The van der Waals surface area contributed by atoms with Crippen LogP contribution in [0.5, 0.6) is 0 Å². The SMILES string of the molecule is CCc1nnsc1C(=O)N(C(C)C)C1CC1. The Bertz CT molecular complexity index is 382. The van der Waals surface area contributed by atoms with Crippen LogP contribution in [0.15, 0.2) is 0 Å². The summed E-state index contributed by atoms with van der Waals surface area (Å²) in [5.41, 5.74) is 0.835. The Balaban J connectivity index is 2.22. The monoisotopic (exact) mass is 239 g/mol. The third-order valence-corrected chi connectivity index (χ3v) is 3.57. The summed E-state index contributed by atoms with van der Waals surface area (Å²) in [6, 6.07) is 0.700. The fraction of sp³-hybridized carbons (Fsp3) is 0.727. The number of aryl methyl sites for hydroxylation is 1. The van der Waals surface area contributed by atoms with E-state index in [1.165, 1.54) is 11.5 Å². The molecule has 0 aromatic carbocycles. The zero-order chi connectivity index (χ0) is 11.7. The van der Waals surface area contributed by atoms with Gasteiger partial charge in [0.25, 0.3) is 5.91 Å². The summed E-state index contributed by atoms with van der Waals surface area (Å²) in [5.74, 6) is 0.115. The molecule has 2 rings (SSSR count). The summed E-state index contributed by atoms with van der Waals surface area (Å²) in [4.78, 5) is 15.1. The maximum atomic E-state index is 12.4. The van der Waals surface area contributed by atoms with E-state index in [1.807, 2.05) is 11.8 Å². The van der Waals surface area contributed by atoms with Gasteiger partial charge in [0.15, 0.2) is 0 Å². The van der Waals surface area contributed by atoms with E-state index in [1.54, 1.807) is 0 Å². The van der Waals surface area contributed by atoms with Crippen LogP contribution in [0.4, 0.5) is 0 Å². The first-order valence-corrected chi connectivity index (χ1v) is 6.56. The van der Waals surface area contributed by atoms with Crippen molar-refractivity contribution in [3.8, 4) is 0 Å². The number of carbonyl (C=O) groups is 1. The second-order valence-electron chi connectivity index (χ2n) is 4.44. The molecule has 1 saturated carbocycles. The van der Waals surface area contributed by atoms with Crippen molar-refractivity contribution in [3.63, 3.8) is 0 Å². The zero-order valence-corrected chi connectivity index (χ0v) is 10.8. The predicted molar refractivity (Wildman–Crippen MR) is 63.6 cm³/mol. The minimum absolute atomic E-state index is 0.115. The molecule has 0 radical (unpaired) electrons. The van der Waals surface area contributed by atoms with E-state index >= 15 is 0 Å². The van der Waals surface area contributed by atoms with Gasteiger partial charge in [-0.3, -0.25) is 4.79 Å². The highest BCUT2D eigenvalue weighted by molar-refractivity contribution is 7.08. The molecule has 0 bridgehead atoms. The molecule has 88 valence electrons. The Kier molecular flexibility index (Phi) is 3.23. The normalized spacial score (nSPS) is 15.5. The lowest BCUT2D eigenvalue weighted by molar-refractivity contribution is 0.0694. The third-order valence-electron chi connectivity index (χ3n) is 2.82. The average Bonchev–Trinajstić information content (AvgIpc) is 2.95. The van der Waals surface area contributed by atoms with E-state index in [9.17, 15) is 4.79 Å². The van der Waals surface area contributed by atoms with Gasteiger partial charge in [-0.15, -0.1) is 5.10 Å². The van der Waals surface area contributed by atoms with Crippen LogP contribution in [0.3, 0.4) is 0 Å². The quantitative estimate of drug-likeness (QED) is 0.808. The van der Waals surface area contributed by atoms with Crippen LogP contribution in [-0.4, -0.2) is 32.5 Å². The second kappa shape index (κ2) is 4.49. The van der Waals surface area contributed by atoms with Gasteiger partial charge in [0.05, 0.1) is 5.69 Å². The first kappa shape index (κ1) is 11.5. The molecule has 0 unspecified atom stereocenters. The molecule has 1 heterocycles. The zero-order valence-electron chi connectivity index (χ0n) is 9.93. The van der Waals surface area contributed by atoms with Crippen LogP contribution in [-0.2, 0) is 6.42 Å². The minimum Gasteiger partial charge on any atom is -0.332 e. The summed E-state index contributed by atoms with van der Waals surface area (Å²) in [7, 11) is 0. The molecule has 1 fully saturated rings. The summed E-state index contributed by atoms with van der Waals surface area (Å²) >= 11 is 1.22. The molecule has 0 atom stereocenters. The molecule has 1 aliphatic carbocycles. The van der Waals surface area contributed by atoms with E-state index < -0.39 is 0 Å². The largest absolute Gasteiger partial charge is 0.332 e. The smallest absolute Gasteiger partial charge is 0.268 e. The highest BCUT2D eigenvalue weighted by atomic mass is 32.1. The lowest BCUT2D eigenvalue weighted by Gasteiger charge is -2.26. The number of amides is 1. The second-order valence-corrected chi connectivity index (χ2v) is 5.19. The van der Waals surface area contributed by atoms with Crippen molar-refractivity contribution in [1.29, 1.82) is 0 Å². The third kappa shape index (κ3) is 2.09. The molecule has 4 nitrogen and oxygen atoms in total. The van der Waals surface area contributed by atoms with Gasteiger partial charge >= 0.3 is 0 Å². The van der Waals surface area contributed by atoms with Gasteiger partial charge in [-0.2, -0.15) is 0 Å². The van der Waals surface area contributed by atoms with Crippen molar-refractivity contribution in [2.24, 2.45) is 0 Å². The fourth-order valence-electron chi connectivity index (χ4n) is 1.89. The average molecular weight is 239 g/mol. The maximum absolute atomic E-state index is 12.4. The Morgan fingerprint density at radius 1 is 1.56 bits per heavy atom. The summed E-state index contributed by atoms with van der Waals surface area (Å²) < 4.78 is 3.88. The Morgan fingerprint density at radius 3 is 2.75 bits per heavy atom. The van der Waals surface area contributed by atoms with E-state index in [2.05, 4.69) is 23.4 Å². The van der Waals surface area contributed by atoms with Gasteiger partial charge in [0.1, 0.15) is 4.88 Å². The van der Waals surface area contributed by atoms with Crippen molar-refractivity contribution >= 4 is 17.4 Å². The Labute approximate surface area is 99.8 Å². The van der Waals surface area contributed by atoms with Gasteiger partial charge in [-0.1, -0.05) is 11.4 Å². The van der Waals surface area contributed by atoms with Gasteiger partial charge in [-0.25, -0.2) is 0 Å². The summed E-state index contributed by atoms with van der Waals surface area (Å²) in [6.45, 7) is 6.14. The van der Waals surface area contributed by atoms with E-state index in [4.69, 9.17) is 0 Å². The molecular weight excluding hydrogens is 222 g/mol. The molecule has 16 heavy (non-hydrogen) atoms. The molecule has 5 heteroatoms. The first-order valence-electron chi connectivity index (χ1n) is 5.79.